The first kappa shape index (κ1) is 15.2. The molecule has 0 saturated heterocycles. The number of benzene rings is 2. The molecule has 0 radical (unpaired) electrons. The van der Waals surface area contributed by atoms with E-state index in [-0.39, 0.29) is 17.2 Å². The maximum Gasteiger partial charge on any atom is 0.342 e. The minimum absolute atomic E-state index is 0.0916. The van der Waals surface area contributed by atoms with Crippen LogP contribution >= 0.6 is 11.6 Å². The summed E-state index contributed by atoms with van der Waals surface area (Å²) in [6, 6.07) is 10.6. The topological polar surface area (TPSA) is 61.5 Å². The SMILES string of the molecule is COc1ccc(C)cc1COC(=O)c1c(N)cccc1Cl. The van der Waals surface area contributed by atoms with Crippen molar-refractivity contribution < 1.29 is 14.3 Å². The summed E-state index contributed by atoms with van der Waals surface area (Å²) in [6.45, 7) is 2.05. The molecule has 0 aliphatic rings. The largest absolute Gasteiger partial charge is 0.496 e. The van der Waals surface area contributed by atoms with Crippen molar-refractivity contribution >= 4 is 23.3 Å². The van der Waals surface area contributed by atoms with Gasteiger partial charge in [-0.15, -0.1) is 0 Å². The van der Waals surface area contributed by atoms with Gasteiger partial charge in [0.1, 0.15) is 17.9 Å². The van der Waals surface area contributed by atoms with Crippen LogP contribution in [0.4, 0.5) is 5.69 Å². The smallest absolute Gasteiger partial charge is 0.342 e. The highest BCUT2D eigenvalue weighted by Crippen LogP contribution is 2.25. The normalized spacial score (nSPS) is 10.2. The second kappa shape index (κ2) is 6.50. The van der Waals surface area contributed by atoms with E-state index in [0.717, 1.165) is 11.1 Å². The van der Waals surface area contributed by atoms with Crippen LogP contribution in [0.25, 0.3) is 0 Å². The van der Waals surface area contributed by atoms with Crippen LogP contribution in [0.5, 0.6) is 5.75 Å². The number of anilines is 1. The number of nitrogen functional groups attached to an aromatic ring is 1. The van der Waals surface area contributed by atoms with Crippen molar-refractivity contribution in [1.82, 2.24) is 0 Å². The van der Waals surface area contributed by atoms with Gasteiger partial charge in [0, 0.05) is 11.3 Å². The van der Waals surface area contributed by atoms with Crippen molar-refractivity contribution in [3.8, 4) is 5.75 Å². The summed E-state index contributed by atoms with van der Waals surface area (Å²) >= 11 is 5.98. The zero-order valence-electron chi connectivity index (χ0n) is 11.9. The van der Waals surface area contributed by atoms with Gasteiger partial charge in [-0.2, -0.15) is 0 Å². The molecule has 0 bridgehead atoms. The van der Waals surface area contributed by atoms with Crippen LogP contribution in [0.3, 0.4) is 0 Å². The standard InChI is InChI=1S/C16H16ClNO3/c1-10-6-7-14(20-2)11(8-10)9-21-16(19)15-12(17)4-3-5-13(15)18/h3-8H,9,18H2,1-2H3. The molecule has 0 aromatic heterocycles. The third-order valence-electron chi connectivity index (χ3n) is 3.04. The molecule has 4 nitrogen and oxygen atoms in total. The number of carbonyl (C=O) groups is 1. The average molecular weight is 306 g/mol. The summed E-state index contributed by atoms with van der Waals surface area (Å²) in [5.41, 5.74) is 8.09. The number of esters is 1. The van der Waals surface area contributed by atoms with Crippen LogP contribution in [0, 0.1) is 6.92 Å². The molecule has 0 saturated carbocycles. The fourth-order valence-electron chi connectivity index (χ4n) is 1.99. The van der Waals surface area contributed by atoms with E-state index in [2.05, 4.69) is 0 Å². The number of ether oxygens (including phenoxy) is 2. The fourth-order valence-corrected chi connectivity index (χ4v) is 2.25. The van der Waals surface area contributed by atoms with Crippen LogP contribution in [-0.2, 0) is 11.3 Å². The molecule has 0 fully saturated rings. The van der Waals surface area contributed by atoms with Gasteiger partial charge in [0.2, 0.25) is 0 Å². The van der Waals surface area contributed by atoms with E-state index in [4.69, 9.17) is 26.8 Å². The highest BCUT2D eigenvalue weighted by Gasteiger charge is 2.16. The van der Waals surface area contributed by atoms with Crippen molar-refractivity contribution in [2.24, 2.45) is 0 Å². The summed E-state index contributed by atoms with van der Waals surface area (Å²) < 4.78 is 10.5. The lowest BCUT2D eigenvalue weighted by Gasteiger charge is -2.11. The molecule has 5 heteroatoms. The Morgan fingerprint density at radius 2 is 2.05 bits per heavy atom. The lowest BCUT2D eigenvalue weighted by atomic mass is 10.1. The third kappa shape index (κ3) is 3.47. The number of methoxy groups -OCH3 is 1. The molecule has 2 N–H and O–H groups in total. The summed E-state index contributed by atoms with van der Waals surface area (Å²) in [7, 11) is 1.57. The minimum Gasteiger partial charge on any atom is -0.496 e. The first-order valence-corrected chi connectivity index (χ1v) is 6.75. The molecule has 0 amide bonds. The number of halogens is 1. The molecule has 0 heterocycles. The highest BCUT2D eigenvalue weighted by atomic mass is 35.5. The van der Waals surface area contributed by atoms with Gasteiger partial charge < -0.3 is 15.2 Å². The van der Waals surface area contributed by atoms with Crippen LogP contribution in [0.2, 0.25) is 5.02 Å². The lowest BCUT2D eigenvalue weighted by molar-refractivity contribution is 0.0471. The third-order valence-corrected chi connectivity index (χ3v) is 3.36. The van der Waals surface area contributed by atoms with Crippen LogP contribution in [0.1, 0.15) is 21.5 Å². The van der Waals surface area contributed by atoms with Gasteiger partial charge in [-0.3, -0.25) is 0 Å². The Bertz CT molecular complexity index is 650. The molecule has 2 rings (SSSR count). The first-order chi connectivity index (χ1) is 10.0. The minimum atomic E-state index is -0.554. The van der Waals surface area contributed by atoms with Gasteiger partial charge in [-0.05, 0) is 31.2 Å². The van der Waals surface area contributed by atoms with Gasteiger partial charge in [-0.1, -0.05) is 29.3 Å². The Kier molecular flexibility index (Phi) is 4.70. The summed E-state index contributed by atoms with van der Waals surface area (Å²) in [5.74, 6) is 0.113. The van der Waals surface area contributed by atoms with Gasteiger partial charge in [0.05, 0.1) is 12.1 Å². The fraction of sp³-hybridized carbons (Fsp3) is 0.188. The molecule has 0 unspecified atom stereocenters. The predicted molar refractivity (Wildman–Crippen MR) is 82.7 cm³/mol. The molecule has 0 atom stereocenters. The van der Waals surface area contributed by atoms with Gasteiger partial charge in [-0.25, -0.2) is 4.79 Å². The number of aryl methyl sites for hydroxylation is 1. The Morgan fingerprint density at radius 3 is 2.71 bits per heavy atom. The zero-order chi connectivity index (χ0) is 15.4. The molecule has 0 spiro atoms. The van der Waals surface area contributed by atoms with E-state index >= 15 is 0 Å². The molecule has 2 aromatic rings. The number of hydrogen-bond acceptors (Lipinski definition) is 4. The second-order valence-corrected chi connectivity index (χ2v) is 5.00. The first-order valence-electron chi connectivity index (χ1n) is 6.37. The maximum absolute atomic E-state index is 12.1. The maximum atomic E-state index is 12.1. The molecule has 21 heavy (non-hydrogen) atoms. The predicted octanol–water partition coefficient (Wildman–Crippen LogP) is 3.60. The molecular formula is C16H16ClNO3. The van der Waals surface area contributed by atoms with E-state index in [9.17, 15) is 4.79 Å². The van der Waals surface area contributed by atoms with Crippen LogP contribution < -0.4 is 10.5 Å². The van der Waals surface area contributed by atoms with Crippen molar-refractivity contribution in [3.63, 3.8) is 0 Å². The Balaban J connectivity index is 2.17. The van der Waals surface area contributed by atoms with E-state index in [0.29, 0.717) is 11.4 Å². The molecule has 0 aliphatic heterocycles. The number of nitrogens with two attached hydrogens (primary N) is 1. The summed E-state index contributed by atoms with van der Waals surface area (Å²) in [4.78, 5) is 12.1. The number of hydrogen-bond donors (Lipinski definition) is 1. The molecule has 0 aliphatic carbocycles. The lowest BCUT2D eigenvalue weighted by Crippen LogP contribution is -2.09. The van der Waals surface area contributed by atoms with Crippen molar-refractivity contribution in [2.75, 3.05) is 12.8 Å². The Labute approximate surface area is 128 Å². The number of carbonyl (C=O) groups excluding carboxylic acids is 1. The highest BCUT2D eigenvalue weighted by molar-refractivity contribution is 6.34. The van der Waals surface area contributed by atoms with Crippen molar-refractivity contribution in [1.29, 1.82) is 0 Å². The summed E-state index contributed by atoms with van der Waals surface area (Å²) in [6.07, 6.45) is 0. The average Bonchev–Trinajstić information content (AvgIpc) is 2.45. The molecule has 2 aromatic carbocycles. The quantitative estimate of drug-likeness (QED) is 0.692. The molecular weight excluding hydrogens is 290 g/mol. The van der Waals surface area contributed by atoms with E-state index in [1.165, 1.54) is 0 Å². The van der Waals surface area contributed by atoms with Crippen molar-refractivity contribution in [2.45, 2.75) is 13.5 Å². The molecule has 110 valence electrons. The van der Waals surface area contributed by atoms with Crippen LogP contribution in [0.15, 0.2) is 36.4 Å². The van der Waals surface area contributed by atoms with E-state index < -0.39 is 5.97 Å². The van der Waals surface area contributed by atoms with Gasteiger partial charge >= 0.3 is 5.97 Å². The van der Waals surface area contributed by atoms with E-state index in [1.54, 1.807) is 25.3 Å². The van der Waals surface area contributed by atoms with Gasteiger partial charge in [0.25, 0.3) is 0 Å². The monoisotopic (exact) mass is 305 g/mol. The Hall–Kier alpha value is -2.20. The second-order valence-electron chi connectivity index (χ2n) is 4.60. The Morgan fingerprint density at radius 1 is 1.29 bits per heavy atom. The zero-order valence-corrected chi connectivity index (χ0v) is 12.6. The van der Waals surface area contributed by atoms with Crippen molar-refractivity contribution in [3.05, 3.63) is 58.1 Å². The number of rotatable bonds is 4. The van der Waals surface area contributed by atoms with Crippen LogP contribution in [-0.4, -0.2) is 13.1 Å². The van der Waals surface area contributed by atoms with E-state index in [1.807, 2.05) is 25.1 Å². The summed E-state index contributed by atoms with van der Waals surface area (Å²) in [5, 5.41) is 0.274. The van der Waals surface area contributed by atoms with Gasteiger partial charge in [0.15, 0.2) is 0 Å².